The number of ether oxygens (including phenoxy) is 1. The van der Waals surface area contributed by atoms with Crippen LogP contribution in [0.25, 0.3) is 0 Å². The minimum atomic E-state index is -0.572. The minimum absolute atomic E-state index is 0.0850. The van der Waals surface area contributed by atoms with Crippen molar-refractivity contribution in [2.45, 2.75) is 38.0 Å². The molecule has 7 heteroatoms. The summed E-state index contributed by atoms with van der Waals surface area (Å²) < 4.78 is 6.02. The van der Waals surface area contributed by atoms with Crippen LogP contribution in [0.3, 0.4) is 0 Å². The first-order valence-electron chi connectivity index (χ1n) is 9.98. The summed E-state index contributed by atoms with van der Waals surface area (Å²) in [7, 11) is 3.42. The minimum Gasteiger partial charge on any atom is -0.361 e. The van der Waals surface area contributed by atoms with Gasteiger partial charge in [0.2, 0.25) is 11.8 Å². The summed E-state index contributed by atoms with van der Waals surface area (Å²) in [6.07, 6.45) is 0.907. The van der Waals surface area contributed by atoms with Crippen LogP contribution in [-0.2, 0) is 14.3 Å². The van der Waals surface area contributed by atoms with Crippen LogP contribution in [-0.4, -0.2) is 48.4 Å². The van der Waals surface area contributed by atoms with Gasteiger partial charge in [-0.05, 0) is 41.8 Å². The van der Waals surface area contributed by atoms with Gasteiger partial charge in [-0.1, -0.05) is 60.8 Å². The molecule has 5 nitrogen and oxygen atoms in total. The maximum Gasteiger partial charge on any atom is 0.249 e. The molecule has 1 heterocycles. The topological polar surface area (TPSA) is 49.9 Å². The fourth-order valence-corrected chi connectivity index (χ4v) is 4.13. The third-order valence-electron chi connectivity index (χ3n) is 5.29. The average Bonchev–Trinajstić information content (AvgIpc) is 2.73. The van der Waals surface area contributed by atoms with Crippen molar-refractivity contribution >= 4 is 35.0 Å². The highest BCUT2D eigenvalue weighted by molar-refractivity contribution is 6.30. The number of halogens is 2. The second-order valence-corrected chi connectivity index (χ2v) is 8.49. The first-order chi connectivity index (χ1) is 14.3. The molecule has 0 spiro atoms. The number of hydrogen-bond acceptors (Lipinski definition) is 3. The van der Waals surface area contributed by atoms with E-state index in [9.17, 15) is 9.59 Å². The lowest BCUT2D eigenvalue weighted by Crippen LogP contribution is -2.55. The number of carbonyl (C=O) groups excluding carboxylic acids is 2. The molecule has 2 amide bonds. The van der Waals surface area contributed by atoms with Crippen molar-refractivity contribution in [2.24, 2.45) is 0 Å². The Morgan fingerprint density at radius 1 is 1.07 bits per heavy atom. The van der Waals surface area contributed by atoms with Crippen molar-refractivity contribution in [2.75, 3.05) is 20.7 Å². The summed E-state index contributed by atoms with van der Waals surface area (Å²) in [4.78, 5) is 29.4. The summed E-state index contributed by atoms with van der Waals surface area (Å²) in [5, 5.41) is 1.23. The Bertz CT molecular complexity index is 884. The van der Waals surface area contributed by atoms with E-state index in [1.807, 2.05) is 31.2 Å². The molecule has 1 aliphatic rings. The van der Waals surface area contributed by atoms with Crippen molar-refractivity contribution in [1.29, 1.82) is 0 Å². The predicted octanol–water partition coefficient (Wildman–Crippen LogP) is 4.89. The van der Waals surface area contributed by atoms with E-state index in [4.69, 9.17) is 27.9 Å². The van der Waals surface area contributed by atoms with Crippen molar-refractivity contribution in [3.8, 4) is 0 Å². The van der Waals surface area contributed by atoms with E-state index in [0.29, 0.717) is 16.5 Å². The fourth-order valence-electron chi connectivity index (χ4n) is 3.87. The third kappa shape index (κ3) is 4.80. The van der Waals surface area contributed by atoms with E-state index in [2.05, 4.69) is 0 Å². The molecule has 3 atom stereocenters. The normalized spacial score (nSPS) is 20.2. The second-order valence-electron chi connectivity index (χ2n) is 7.62. The SMILES string of the molecule is CCC[C@H](C(=O)N(C)C)N1C(=O)CO[C@@H](c2ccc(Cl)cc2)[C@H]1c1ccc(Cl)cc1. The van der Waals surface area contributed by atoms with Gasteiger partial charge in [-0.25, -0.2) is 0 Å². The molecule has 0 radical (unpaired) electrons. The molecule has 3 rings (SSSR count). The van der Waals surface area contributed by atoms with Gasteiger partial charge in [0.1, 0.15) is 18.8 Å². The molecule has 2 aromatic carbocycles. The van der Waals surface area contributed by atoms with Gasteiger partial charge < -0.3 is 14.5 Å². The molecule has 0 saturated carbocycles. The molecule has 0 unspecified atom stereocenters. The maximum absolute atomic E-state index is 13.1. The lowest BCUT2D eigenvalue weighted by Gasteiger charge is -2.45. The van der Waals surface area contributed by atoms with Gasteiger partial charge >= 0.3 is 0 Å². The lowest BCUT2D eigenvalue weighted by molar-refractivity contribution is -0.168. The molecule has 1 fully saturated rings. The Kier molecular flexibility index (Phi) is 7.40. The van der Waals surface area contributed by atoms with E-state index in [1.165, 1.54) is 0 Å². The van der Waals surface area contributed by atoms with Crippen LogP contribution in [0.2, 0.25) is 10.0 Å². The first kappa shape index (κ1) is 22.6. The van der Waals surface area contributed by atoms with Gasteiger partial charge in [0, 0.05) is 24.1 Å². The summed E-state index contributed by atoms with van der Waals surface area (Å²) in [5.41, 5.74) is 1.75. The highest BCUT2D eigenvalue weighted by Gasteiger charge is 2.44. The van der Waals surface area contributed by atoms with Crippen molar-refractivity contribution in [3.05, 3.63) is 69.7 Å². The number of amides is 2. The van der Waals surface area contributed by atoms with Crippen LogP contribution in [0.15, 0.2) is 48.5 Å². The van der Waals surface area contributed by atoms with Crippen LogP contribution in [0.1, 0.15) is 43.0 Å². The van der Waals surface area contributed by atoms with Crippen LogP contribution >= 0.6 is 23.2 Å². The van der Waals surface area contributed by atoms with Crippen molar-refractivity contribution in [1.82, 2.24) is 9.80 Å². The van der Waals surface area contributed by atoms with E-state index in [0.717, 1.165) is 17.5 Å². The standard InChI is InChI=1S/C23H26Cl2N2O3/c1-4-5-19(23(29)26(2)3)27-20(28)14-30-22(16-8-12-18(25)13-9-16)21(27)15-6-10-17(24)11-7-15/h6-13,19,21-22H,4-5,14H2,1-3H3/t19-,21-,22+/m1/s1. The van der Waals surface area contributed by atoms with Crippen molar-refractivity contribution < 1.29 is 14.3 Å². The van der Waals surface area contributed by atoms with Gasteiger partial charge in [0.25, 0.3) is 0 Å². The Balaban J connectivity index is 2.12. The molecule has 160 valence electrons. The number of carbonyl (C=O) groups is 2. The molecular weight excluding hydrogens is 423 g/mol. The van der Waals surface area contributed by atoms with Crippen LogP contribution in [0.5, 0.6) is 0 Å². The molecule has 0 aromatic heterocycles. The summed E-state index contributed by atoms with van der Waals surface area (Å²) >= 11 is 12.2. The maximum atomic E-state index is 13.1. The highest BCUT2D eigenvalue weighted by atomic mass is 35.5. The Hall–Kier alpha value is -2.08. The first-order valence-corrected chi connectivity index (χ1v) is 10.7. The quantitative estimate of drug-likeness (QED) is 0.631. The van der Waals surface area contributed by atoms with Crippen LogP contribution < -0.4 is 0 Å². The van der Waals surface area contributed by atoms with Crippen molar-refractivity contribution in [3.63, 3.8) is 0 Å². The Labute approximate surface area is 187 Å². The number of hydrogen-bond donors (Lipinski definition) is 0. The average molecular weight is 449 g/mol. The van der Waals surface area contributed by atoms with E-state index >= 15 is 0 Å². The summed E-state index contributed by atoms with van der Waals surface area (Å²) in [6, 6.07) is 13.7. The number of morpholine rings is 1. The van der Waals surface area contributed by atoms with Gasteiger partial charge in [-0.3, -0.25) is 9.59 Å². The van der Waals surface area contributed by atoms with E-state index in [1.54, 1.807) is 48.2 Å². The molecule has 1 aliphatic heterocycles. The van der Waals surface area contributed by atoms with Gasteiger partial charge in [0.15, 0.2) is 0 Å². The third-order valence-corrected chi connectivity index (χ3v) is 5.80. The molecular formula is C23H26Cl2N2O3. The molecule has 0 N–H and O–H groups in total. The Morgan fingerprint density at radius 2 is 1.60 bits per heavy atom. The van der Waals surface area contributed by atoms with Crippen LogP contribution in [0.4, 0.5) is 0 Å². The number of benzene rings is 2. The largest absolute Gasteiger partial charge is 0.361 e. The summed E-state index contributed by atoms with van der Waals surface area (Å²) in [6.45, 7) is 1.92. The second kappa shape index (κ2) is 9.82. The molecule has 1 saturated heterocycles. The molecule has 30 heavy (non-hydrogen) atoms. The molecule has 0 aliphatic carbocycles. The monoisotopic (exact) mass is 448 g/mol. The predicted molar refractivity (Wildman–Crippen MR) is 119 cm³/mol. The van der Waals surface area contributed by atoms with Gasteiger partial charge in [-0.15, -0.1) is 0 Å². The van der Waals surface area contributed by atoms with Gasteiger partial charge in [0.05, 0.1) is 6.04 Å². The zero-order valence-electron chi connectivity index (χ0n) is 17.3. The highest BCUT2D eigenvalue weighted by Crippen LogP contribution is 2.42. The number of likely N-dealkylation sites (N-methyl/N-ethyl adjacent to an activating group) is 1. The smallest absolute Gasteiger partial charge is 0.249 e. The summed E-state index contributed by atoms with van der Waals surface area (Å²) in [5.74, 6) is -0.297. The molecule has 0 bridgehead atoms. The van der Waals surface area contributed by atoms with E-state index in [-0.39, 0.29) is 18.4 Å². The number of rotatable bonds is 6. The zero-order chi connectivity index (χ0) is 21.8. The fraction of sp³-hybridized carbons (Fsp3) is 0.391. The number of nitrogens with zero attached hydrogens (tertiary/aromatic N) is 2. The Morgan fingerprint density at radius 3 is 2.10 bits per heavy atom. The van der Waals surface area contributed by atoms with Gasteiger partial charge in [-0.2, -0.15) is 0 Å². The molecule has 2 aromatic rings. The zero-order valence-corrected chi connectivity index (χ0v) is 18.9. The lowest BCUT2D eigenvalue weighted by atomic mass is 9.90. The van der Waals surface area contributed by atoms with Crippen LogP contribution in [0, 0.1) is 0 Å². The van der Waals surface area contributed by atoms with E-state index < -0.39 is 18.2 Å².